The maximum absolute atomic E-state index is 13.0. The van der Waals surface area contributed by atoms with Crippen molar-refractivity contribution in [3.05, 3.63) is 47.6 Å². The number of aromatic nitrogens is 2. The van der Waals surface area contributed by atoms with Gasteiger partial charge in [-0.15, -0.1) is 11.3 Å². The molecule has 1 aliphatic heterocycles. The molecule has 0 bridgehead atoms. The van der Waals surface area contributed by atoms with Crippen molar-refractivity contribution in [2.45, 2.75) is 19.8 Å². The summed E-state index contributed by atoms with van der Waals surface area (Å²) in [5, 5.41) is 1.92. The van der Waals surface area contributed by atoms with Gasteiger partial charge in [-0.3, -0.25) is 9.20 Å². The van der Waals surface area contributed by atoms with E-state index < -0.39 is 0 Å². The quantitative estimate of drug-likeness (QED) is 0.650. The fourth-order valence-corrected chi connectivity index (χ4v) is 4.74. The summed E-state index contributed by atoms with van der Waals surface area (Å²) >= 11 is 1.52. The normalized spacial score (nSPS) is 16.1. The van der Waals surface area contributed by atoms with Gasteiger partial charge in [0.15, 0.2) is 4.96 Å². The highest BCUT2D eigenvalue weighted by Gasteiger charge is 2.21. The molecule has 5 nitrogen and oxygen atoms in total. The van der Waals surface area contributed by atoms with E-state index in [-0.39, 0.29) is 5.91 Å². The van der Waals surface area contributed by atoms with E-state index in [2.05, 4.69) is 16.8 Å². The molecule has 1 fully saturated rings. The zero-order chi connectivity index (χ0) is 18.8. The highest BCUT2D eigenvalue weighted by Crippen LogP contribution is 2.24. The maximum atomic E-state index is 13.0. The average Bonchev–Trinajstić information content (AvgIpc) is 3.38. The number of amides is 1. The van der Waals surface area contributed by atoms with Gasteiger partial charge in [-0.25, -0.2) is 4.98 Å². The first-order valence-corrected chi connectivity index (χ1v) is 10.5. The van der Waals surface area contributed by atoms with E-state index in [0.29, 0.717) is 11.6 Å². The Hall–Kier alpha value is -2.18. The molecule has 1 amide bonds. The number of carbonyl (C=O) groups is 1. The van der Waals surface area contributed by atoms with Gasteiger partial charge in [0, 0.05) is 37.3 Å². The highest BCUT2D eigenvalue weighted by atomic mass is 32.1. The summed E-state index contributed by atoms with van der Waals surface area (Å²) in [5.41, 5.74) is 2.67. The minimum Gasteiger partial charge on any atom is -0.340 e. The third-order valence-electron chi connectivity index (χ3n) is 5.20. The second-order valence-electron chi connectivity index (χ2n) is 7.56. The van der Waals surface area contributed by atoms with Crippen LogP contribution in [0.1, 0.15) is 30.3 Å². The summed E-state index contributed by atoms with van der Waals surface area (Å²) in [7, 11) is 1.90. The van der Waals surface area contributed by atoms with Crippen LogP contribution in [0, 0.1) is 5.92 Å². The Labute approximate surface area is 164 Å². The van der Waals surface area contributed by atoms with Crippen molar-refractivity contribution in [3.63, 3.8) is 0 Å². The Morgan fingerprint density at radius 1 is 1.26 bits per heavy atom. The Bertz CT molecular complexity index is 911. The lowest BCUT2D eigenvalue weighted by atomic mass is 10.1. The molecule has 0 spiro atoms. The third-order valence-corrected chi connectivity index (χ3v) is 6.04. The molecule has 1 aliphatic rings. The Balaban J connectivity index is 1.47. The standard InChI is InChI=1S/C21H26N4OS/c1-16(13-24-10-6-7-11-24)12-23(2)20(26)19-15-27-21-22-18(14-25(19)21)17-8-4-3-5-9-17/h3-5,8-9,14-16H,6-7,10-13H2,1-2H3/t16-/m0/s1. The fourth-order valence-electron chi connectivity index (χ4n) is 3.90. The van der Waals surface area contributed by atoms with Crippen LogP contribution < -0.4 is 0 Å². The zero-order valence-corrected chi connectivity index (χ0v) is 16.8. The molecular formula is C21H26N4OS. The second kappa shape index (κ2) is 7.82. The molecule has 6 heteroatoms. The van der Waals surface area contributed by atoms with Crippen molar-refractivity contribution in [1.29, 1.82) is 0 Å². The maximum Gasteiger partial charge on any atom is 0.271 e. The monoisotopic (exact) mass is 382 g/mol. The van der Waals surface area contributed by atoms with E-state index in [4.69, 9.17) is 0 Å². The lowest BCUT2D eigenvalue weighted by Crippen LogP contribution is -2.36. The largest absolute Gasteiger partial charge is 0.340 e. The van der Waals surface area contributed by atoms with E-state index in [1.165, 1.54) is 37.3 Å². The van der Waals surface area contributed by atoms with E-state index in [9.17, 15) is 4.79 Å². The zero-order valence-electron chi connectivity index (χ0n) is 16.0. The average molecular weight is 383 g/mol. The molecule has 0 radical (unpaired) electrons. The van der Waals surface area contributed by atoms with Gasteiger partial charge >= 0.3 is 0 Å². The van der Waals surface area contributed by atoms with Crippen LogP contribution in [0.5, 0.6) is 0 Å². The van der Waals surface area contributed by atoms with Gasteiger partial charge < -0.3 is 9.80 Å². The first-order chi connectivity index (χ1) is 13.1. The van der Waals surface area contributed by atoms with Crippen molar-refractivity contribution in [2.75, 3.05) is 33.2 Å². The van der Waals surface area contributed by atoms with E-state index in [1.54, 1.807) is 0 Å². The fraction of sp³-hybridized carbons (Fsp3) is 0.429. The van der Waals surface area contributed by atoms with Crippen LogP contribution in [0.2, 0.25) is 0 Å². The van der Waals surface area contributed by atoms with E-state index in [0.717, 1.165) is 29.3 Å². The Morgan fingerprint density at radius 2 is 2.00 bits per heavy atom. The van der Waals surface area contributed by atoms with Crippen LogP contribution in [-0.4, -0.2) is 58.3 Å². The molecule has 1 saturated heterocycles. The molecule has 1 aromatic carbocycles. The van der Waals surface area contributed by atoms with Gasteiger partial charge in [-0.05, 0) is 31.8 Å². The van der Waals surface area contributed by atoms with Crippen LogP contribution in [0.4, 0.5) is 0 Å². The number of carbonyl (C=O) groups excluding carboxylic acids is 1. The third kappa shape index (κ3) is 3.92. The number of likely N-dealkylation sites (tertiary alicyclic amines) is 1. The Morgan fingerprint density at radius 3 is 2.74 bits per heavy atom. The number of thiazole rings is 1. The molecule has 1 atom stereocenters. The molecule has 0 saturated carbocycles. The summed E-state index contributed by atoms with van der Waals surface area (Å²) < 4.78 is 1.93. The summed E-state index contributed by atoms with van der Waals surface area (Å²) in [5.74, 6) is 0.528. The van der Waals surface area contributed by atoms with Crippen LogP contribution in [0.15, 0.2) is 41.9 Å². The number of imidazole rings is 1. The first kappa shape index (κ1) is 18.2. The van der Waals surface area contributed by atoms with Gasteiger partial charge in [0.2, 0.25) is 0 Å². The van der Waals surface area contributed by atoms with Crippen molar-refractivity contribution in [3.8, 4) is 11.3 Å². The smallest absolute Gasteiger partial charge is 0.271 e. The number of hydrogen-bond acceptors (Lipinski definition) is 4. The first-order valence-electron chi connectivity index (χ1n) is 9.61. The van der Waals surface area contributed by atoms with Crippen LogP contribution in [0.25, 0.3) is 16.2 Å². The van der Waals surface area contributed by atoms with Crippen molar-refractivity contribution in [2.24, 2.45) is 5.92 Å². The second-order valence-corrected chi connectivity index (χ2v) is 8.40. The summed E-state index contributed by atoms with van der Waals surface area (Å²) in [6, 6.07) is 10.1. The van der Waals surface area contributed by atoms with Gasteiger partial charge in [-0.1, -0.05) is 37.3 Å². The predicted molar refractivity (Wildman–Crippen MR) is 110 cm³/mol. The SMILES string of the molecule is C[C@H](CN1CCCC1)CN(C)C(=O)c1csc2nc(-c3ccccc3)cn12. The molecule has 2 aromatic heterocycles. The topological polar surface area (TPSA) is 40.8 Å². The number of nitrogens with zero attached hydrogens (tertiary/aromatic N) is 4. The molecule has 3 heterocycles. The van der Waals surface area contributed by atoms with Crippen LogP contribution >= 0.6 is 11.3 Å². The Kier molecular flexibility index (Phi) is 5.27. The number of rotatable bonds is 6. The lowest BCUT2D eigenvalue weighted by Gasteiger charge is -2.25. The predicted octanol–water partition coefficient (Wildman–Crippen LogP) is 3.87. The number of fused-ring (bicyclic) bond motifs is 1. The van der Waals surface area contributed by atoms with Crippen LogP contribution in [0.3, 0.4) is 0 Å². The lowest BCUT2D eigenvalue weighted by molar-refractivity contribution is 0.0760. The summed E-state index contributed by atoms with van der Waals surface area (Å²) in [6.07, 6.45) is 4.58. The van der Waals surface area contributed by atoms with Gasteiger partial charge in [0.25, 0.3) is 5.91 Å². The van der Waals surface area contributed by atoms with Gasteiger partial charge in [-0.2, -0.15) is 0 Å². The van der Waals surface area contributed by atoms with Crippen molar-refractivity contribution < 1.29 is 4.79 Å². The van der Waals surface area contributed by atoms with Crippen molar-refractivity contribution in [1.82, 2.24) is 19.2 Å². The molecule has 0 aliphatic carbocycles. The number of benzene rings is 1. The van der Waals surface area contributed by atoms with Crippen LogP contribution in [-0.2, 0) is 0 Å². The minimum atomic E-state index is 0.0616. The molecule has 27 heavy (non-hydrogen) atoms. The van der Waals surface area contributed by atoms with E-state index >= 15 is 0 Å². The molecule has 3 aromatic rings. The van der Waals surface area contributed by atoms with Gasteiger partial charge in [0.1, 0.15) is 5.69 Å². The number of hydrogen-bond donors (Lipinski definition) is 0. The molecule has 0 N–H and O–H groups in total. The van der Waals surface area contributed by atoms with Gasteiger partial charge in [0.05, 0.1) is 5.69 Å². The van der Waals surface area contributed by atoms with E-state index in [1.807, 2.05) is 58.3 Å². The molecular weight excluding hydrogens is 356 g/mol. The van der Waals surface area contributed by atoms with Crippen molar-refractivity contribution >= 4 is 22.2 Å². The summed E-state index contributed by atoms with van der Waals surface area (Å²) in [6.45, 7) is 6.47. The minimum absolute atomic E-state index is 0.0616. The highest BCUT2D eigenvalue weighted by molar-refractivity contribution is 7.15. The molecule has 0 unspecified atom stereocenters. The molecule has 142 valence electrons. The summed E-state index contributed by atoms with van der Waals surface area (Å²) in [4.78, 5) is 22.9. The molecule has 4 rings (SSSR count).